The Labute approximate surface area is 147 Å². The van der Waals surface area contributed by atoms with Crippen molar-refractivity contribution in [1.29, 1.82) is 0 Å². The Morgan fingerprint density at radius 1 is 1.48 bits per heavy atom. The van der Waals surface area contributed by atoms with Gasteiger partial charge in [-0.2, -0.15) is 4.98 Å². The summed E-state index contributed by atoms with van der Waals surface area (Å²) in [4.78, 5) is 20.4. The third kappa shape index (κ3) is 4.43. The summed E-state index contributed by atoms with van der Waals surface area (Å²) >= 11 is 0. The zero-order valence-electron chi connectivity index (χ0n) is 14.8. The predicted molar refractivity (Wildman–Crippen MR) is 93.8 cm³/mol. The molecule has 1 atom stereocenters. The monoisotopic (exact) mass is 343 g/mol. The lowest BCUT2D eigenvalue weighted by molar-refractivity contribution is 0.1000. The number of amides is 1. The molecule has 7 heteroatoms. The number of carbonyl (C=O) groups excluding carboxylic acids is 1. The molecule has 1 saturated heterocycles. The minimum absolute atomic E-state index is 0.382. The van der Waals surface area contributed by atoms with Gasteiger partial charge in [0.05, 0.1) is 6.54 Å². The molecule has 0 radical (unpaired) electrons. The summed E-state index contributed by atoms with van der Waals surface area (Å²) in [5.41, 5.74) is 7.04. The number of likely N-dealkylation sites (N-methyl/N-ethyl adjacent to an activating group) is 1. The third-order valence-corrected chi connectivity index (χ3v) is 4.69. The highest BCUT2D eigenvalue weighted by molar-refractivity contribution is 5.92. The fraction of sp³-hybridized carbons (Fsp3) is 0.500. The lowest BCUT2D eigenvalue weighted by atomic mass is 10.1. The van der Waals surface area contributed by atoms with Gasteiger partial charge in [-0.25, -0.2) is 0 Å². The molecule has 0 bridgehead atoms. The molecule has 2 aromatic rings. The first-order chi connectivity index (χ1) is 12.0. The maximum atomic E-state index is 11.3. The largest absolute Gasteiger partial charge is 0.366 e. The molecule has 25 heavy (non-hydrogen) atoms. The van der Waals surface area contributed by atoms with Crippen LogP contribution in [0, 0.1) is 0 Å². The summed E-state index contributed by atoms with van der Waals surface area (Å²) in [6.07, 6.45) is 1.86. The Morgan fingerprint density at radius 2 is 2.32 bits per heavy atom. The molecule has 2 N–H and O–H groups in total. The fourth-order valence-electron chi connectivity index (χ4n) is 3.25. The van der Waals surface area contributed by atoms with E-state index >= 15 is 0 Å². The van der Waals surface area contributed by atoms with Gasteiger partial charge in [0.25, 0.3) is 0 Å². The van der Waals surface area contributed by atoms with E-state index < -0.39 is 0 Å². The van der Waals surface area contributed by atoms with E-state index in [-0.39, 0.29) is 5.91 Å². The van der Waals surface area contributed by atoms with Gasteiger partial charge in [0.2, 0.25) is 11.8 Å². The molecule has 1 aromatic carbocycles. The van der Waals surface area contributed by atoms with E-state index in [0.29, 0.717) is 24.0 Å². The van der Waals surface area contributed by atoms with Crippen LogP contribution in [0.2, 0.25) is 0 Å². The highest BCUT2D eigenvalue weighted by atomic mass is 16.5. The van der Waals surface area contributed by atoms with Crippen LogP contribution < -0.4 is 5.73 Å². The van der Waals surface area contributed by atoms with E-state index in [4.69, 9.17) is 10.3 Å². The van der Waals surface area contributed by atoms with Gasteiger partial charge in [-0.05, 0) is 31.2 Å². The second kappa shape index (κ2) is 7.76. The zero-order chi connectivity index (χ0) is 17.8. The van der Waals surface area contributed by atoms with Gasteiger partial charge >= 0.3 is 0 Å². The van der Waals surface area contributed by atoms with Crippen molar-refractivity contribution in [2.45, 2.75) is 38.9 Å². The number of aromatic nitrogens is 2. The Kier molecular flexibility index (Phi) is 5.45. The summed E-state index contributed by atoms with van der Waals surface area (Å²) in [7, 11) is 2.10. The molecular weight excluding hydrogens is 318 g/mol. The Bertz CT molecular complexity index is 730. The second-order valence-corrected chi connectivity index (χ2v) is 6.62. The van der Waals surface area contributed by atoms with E-state index in [1.807, 2.05) is 25.1 Å². The van der Waals surface area contributed by atoms with Gasteiger partial charge in [0, 0.05) is 37.7 Å². The van der Waals surface area contributed by atoms with Gasteiger partial charge in [-0.3, -0.25) is 14.6 Å². The number of aryl methyl sites for hydroxylation is 1. The van der Waals surface area contributed by atoms with E-state index in [0.717, 1.165) is 43.9 Å². The summed E-state index contributed by atoms with van der Waals surface area (Å²) in [6.45, 7) is 5.54. The van der Waals surface area contributed by atoms with Crippen LogP contribution >= 0.6 is 0 Å². The van der Waals surface area contributed by atoms with E-state index in [1.165, 1.54) is 0 Å². The maximum Gasteiger partial charge on any atom is 0.248 e. The number of rotatable bonds is 7. The summed E-state index contributed by atoms with van der Waals surface area (Å²) < 4.78 is 5.17. The fourth-order valence-corrected chi connectivity index (χ4v) is 3.25. The minimum atomic E-state index is -0.382. The van der Waals surface area contributed by atoms with Crippen molar-refractivity contribution in [3.63, 3.8) is 0 Å². The number of hydrogen-bond donors (Lipinski definition) is 1. The number of likely N-dealkylation sites (tertiary alicyclic amines) is 1. The van der Waals surface area contributed by atoms with Crippen molar-refractivity contribution < 1.29 is 9.32 Å². The summed E-state index contributed by atoms with van der Waals surface area (Å²) in [5, 5.41) is 4.03. The Morgan fingerprint density at radius 3 is 3.04 bits per heavy atom. The van der Waals surface area contributed by atoms with E-state index in [2.05, 4.69) is 27.0 Å². The Balaban J connectivity index is 1.54. The molecule has 1 aromatic heterocycles. The third-order valence-electron chi connectivity index (χ3n) is 4.69. The first-order valence-electron chi connectivity index (χ1n) is 8.68. The minimum Gasteiger partial charge on any atom is -0.366 e. The van der Waals surface area contributed by atoms with Crippen LogP contribution in [-0.4, -0.2) is 52.0 Å². The maximum absolute atomic E-state index is 11.3. The molecule has 0 aliphatic carbocycles. The molecule has 2 heterocycles. The molecule has 1 fully saturated rings. The van der Waals surface area contributed by atoms with Crippen molar-refractivity contribution in [3.8, 4) is 0 Å². The normalized spacial score (nSPS) is 18.1. The highest BCUT2D eigenvalue weighted by Crippen LogP contribution is 2.19. The average molecular weight is 343 g/mol. The summed E-state index contributed by atoms with van der Waals surface area (Å²) in [5.74, 6) is 1.05. The number of carbonyl (C=O) groups is 1. The Hall–Kier alpha value is -2.25. The topological polar surface area (TPSA) is 88.5 Å². The van der Waals surface area contributed by atoms with Crippen molar-refractivity contribution in [3.05, 3.63) is 47.1 Å². The number of benzene rings is 1. The van der Waals surface area contributed by atoms with Gasteiger partial charge in [-0.15, -0.1) is 0 Å². The first kappa shape index (κ1) is 17.6. The smallest absolute Gasteiger partial charge is 0.248 e. The molecule has 1 aliphatic rings. The van der Waals surface area contributed by atoms with Gasteiger partial charge in [-0.1, -0.05) is 24.2 Å². The lowest BCUT2D eigenvalue weighted by Gasteiger charge is -2.23. The first-order valence-corrected chi connectivity index (χ1v) is 8.68. The van der Waals surface area contributed by atoms with Gasteiger partial charge in [0.15, 0.2) is 5.82 Å². The molecule has 1 unspecified atom stereocenters. The SMILES string of the molecule is CCc1nc(CN(C)C2CCN(Cc3cccc(C(N)=O)c3)C2)no1. The summed E-state index contributed by atoms with van der Waals surface area (Å²) in [6, 6.07) is 8.02. The molecule has 1 aliphatic heterocycles. The van der Waals surface area contributed by atoms with Crippen molar-refractivity contribution in [2.75, 3.05) is 20.1 Å². The molecule has 0 spiro atoms. The van der Waals surface area contributed by atoms with Gasteiger partial charge < -0.3 is 10.3 Å². The zero-order valence-corrected chi connectivity index (χ0v) is 14.8. The van der Waals surface area contributed by atoms with E-state index in [1.54, 1.807) is 6.07 Å². The average Bonchev–Trinajstić information content (AvgIpc) is 3.24. The molecular formula is C18H25N5O2. The van der Waals surface area contributed by atoms with Crippen molar-refractivity contribution in [1.82, 2.24) is 19.9 Å². The molecule has 0 saturated carbocycles. The highest BCUT2D eigenvalue weighted by Gasteiger charge is 2.26. The van der Waals surface area contributed by atoms with Crippen LogP contribution in [0.3, 0.4) is 0 Å². The lowest BCUT2D eigenvalue weighted by Crippen LogP contribution is -2.34. The number of hydrogen-bond acceptors (Lipinski definition) is 6. The van der Waals surface area contributed by atoms with Crippen molar-refractivity contribution >= 4 is 5.91 Å². The van der Waals surface area contributed by atoms with Gasteiger partial charge in [0.1, 0.15) is 0 Å². The molecule has 7 nitrogen and oxygen atoms in total. The predicted octanol–water partition coefficient (Wildman–Crippen LogP) is 1.44. The van der Waals surface area contributed by atoms with Crippen molar-refractivity contribution in [2.24, 2.45) is 5.73 Å². The molecule has 134 valence electrons. The number of nitrogens with two attached hydrogens (primary N) is 1. The van der Waals surface area contributed by atoms with Crippen LogP contribution in [-0.2, 0) is 19.5 Å². The van der Waals surface area contributed by atoms with Crippen LogP contribution in [0.1, 0.15) is 41.0 Å². The number of nitrogens with zero attached hydrogens (tertiary/aromatic N) is 4. The molecule has 1 amide bonds. The quantitative estimate of drug-likeness (QED) is 0.818. The van der Waals surface area contributed by atoms with Crippen LogP contribution in [0.5, 0.6) is 0 Å². The van der Waals surface area contributed by atoms with Crippen LogP contribution in [0.4, 0.5) is 0 Å². The second-order valence-electron chi connectivity index (χ2n) is 6.62. The van der Waals surface area contributed by atoms with E-state index in [9.17, 15) is 4.79 Å². The standard InChI is InChI=1S/C18H25N5O2/c1-3-17-20-16(21-25-17)12-22(2)15-7-8-23(11-15)10-13-5-4-6-14(9-13)18(19)24/h4-6,9,15H,3,7-8,10-12H2,1-2H3,(H2,19,24). The molecule has 3 rings (SSSR count). The van der Waals surface area contributed by atoms with Crippen LogP contribution in [0.25, 0.3) is 0 Å². The number of primary amides is 1. The van der Waals surface area contributed by atoms with Crippen LogP contribution in [0.15, 0.2) is 28.8 Å².